The van der Waals surface area contributed by atoms with Crippen LogP contribution in [0.2, 0.25) is 0 Å². The lowest BCUT2D eigenvalue weighted by molar-refractivity contribution is -0.126. The molecule has 0 radical (unpaired) electrons. The number of hydrogen-bond acceptors (Lipinski definition) is 3. The number of nitrogens with one attached hydrogen (secondary N) is 2. The van der Waals surface area contributed by atoms with Crippen LogP contribution in [-0.4, -0.2) is 35.7 Å². The Bertz CT molecular complexity index is 1220. The third-order valence-corrected chi connectivity index (χ3v) is 6.37. The molecule has 1 unspecified atom stereocenters. The lowest BCUT2D eigenvalue weighted by Crippen LogP contribution is -2.45. The van der Waals surface area contributed by atoms with Gasteiger partial charge in [-0.15, -0.1) is 0 Å². The van der Waals surface area contributed by atoms with Gasteiger partial charge < -0.3 is 15.5 Å². The van der Waals surface area contributed by atoms with E-state index in [4.69, 9.17) is 0 Å². The molecule has 1 fully saturated rings. The smallest absolute Gasteiger partial charge is 0.254 e. The van der Waals surface area contributed by atoms with Crippen molar-refractivity contribution in [2.45, 2.75) is 39.7 Å². The molecular formula is C29H33N3O3. The third kappa shape index (κ3) is 6.27. The van der Waals surface area contributed by atoms with Gasteiger partial charge in [-0.05, 0) is 53.3 Å². The minimum absolute atomic E-state index is 0.0145. The van der Waals surface area contributed by atoms with Crippen LogP contribution in [0.1, 0.15) is 49.0 Å². The van der Waals surface area contributed by atoms with Gasteiger partial charge in [0.1, 0.15) is 0 Å². The Hall–Kier alpha value is -3.67. The quantitative estimate of drug-likeness (QED) is 0.509. The molecule has 4 rings (SSSR count). The summed E-state index contributed by atoms with van der Waals surface area (Å²) in [6.45, 7) is 5.46. The van der Waals surface area contributed by atoms with Crippen molar-refractivity contribution in [1.29, 1.82) is 0 Å². The van der Waals surface area contributed by atoms with Crippen LogP contribution in [0.4, 0.5) is 5.69 Å². The molecule has 1 atom stereocenters. The molecule has 3 amide bonds. The summed E-state index contributed by atoms with van der Waals surface area (Å²) in [7, 11) is 0. The van der Waals surface area contributed by atoms with E-state index in [9.17, 15) is 14.4 Å². The number of fused-ring (bicyclic) bond motifs is 1. The number of amides is 3. The lowest BCUT2D eigenvalue weighted by atomic mass is 9.95. The lowest BCUT2D eigenvalue weighted by Gasteiger charge is -2.32. The Balaban J connectivity index is 1.35. The molecule has 1 aliphatic heterocycles. The van der Waals surface area contributed by atoms with Gasteiger partial charge in [-0.3, -0.25) is 14.4 Å². The van der Waals surface area contributed by atoms with Crippen LogP contribution in [0.3, 0.4) is 0 Å². The monoisotopic (exact) mass is 471 g/mol. The highest BCUT2D eigenvalue weighted by molar-refractivity contribution is 6.07. The van der Waals surface area contributed by atoms with Crippen LogP contribution < -0.4 is 10.6 Å². The number of carbonyl (C=O) groups excluding carboxylic acids is 3. The second-order valence-electron chi connectivity index (χ2n) is 9.68. The van der Waals surface area contributed by atoms with Crippen molar-refractivity contribution < 1.29 is 14.4 Å². The average molecular weight is 472 g/mol. The van der Waals surface area contributed by atoms with Crippen molar-refractivity contribution in [3.05, 3.63) is 77.9 Å². The van der Waals surface area contributed by atoms with E-state index in [-0.39, 0.29) is 23.6 Å². The summed E-state index contributed by atoms with van der Waals surface area (Å²) in [6, 6.07) is 21.2. The fourth-order valence-electron chi connectivity index (χ4n) is 4.63. The molecule has 1 aliphatic rings. The summed E-state index contributed by atoms with van der Waals surface area (Å²) in [5.74, 6) is -0.0326. The molecule has 0 saturated carbocycles. The van der Waals surface area contributed by atoms with E-state index in [0.29, 0.717) is 37.5 Å². The van der Waals surface area contributed by atoms with Gasteiger partial charge >= 0.3 is 0 Å². The van der Waals surface area contributed by atoms with Crippen molar-refractivity contribution in [2.24, 2.45) is 11.8 Å². The van der Waals surface area contributed by atoms with Gasteiger partial charge in [0.2, 0.25) is 11.8 Å². The van der Waals surface area contributed by atoms with Crippen molar-refractivity contribution in [1.82, 2.24) is 10.2 Å². The second kappa shape index (κ2) is 11.2. The van der Waals surface area contributed by atoms with Gasteiger partial charge in [0.25, 0.3) is 5.91 Å². The summed E-state index contributed by atoms with van der Waals surface area (Å²) in [5, 5.41) is 7.91. The van der Waals surface area contributed by atoms with Crippen molar-refractivity contribution >= 4 is 34.2 Å². The van der Waals surface area contributed by atoms with Crippen molar-refractivity contribution in [3.8, 4) is 0 Å². The highest BCUT2D eigenvalue weighted by Crippen LogP contribution is 2.24. The summed E-state index contributed by atoms with van der Waals surface area (Å²) in [6.07, 6.45) is 2.03. The van der Waals surface area contributed by atoms with Crippen LogP contribution in [0.15, 0.2) is 66.7 Å². The summed E-state index contributed by atoms with van der Waals surface area (Å²) in [4.78, 5) is 40.1. The molecule has 6 heteroatoms. The normalized spacial score (nSPS) is 15.7. The third-order valence-electron chi connectivity index (χ3n) is 6.37. The van der Waals surface area contributed by atoms with Crippen LogP contribution in [0.25, 0.3) is 10.8 Å². The Labute approximate surface area is 206 Å². The summed E-state index contributed by atoms with van der Waals surface area (Å²) >= 11 is 0. The molecule has 1 saturated heterocycles. The van der Waals surface area contributed by atoms with E-state index in [2.05, 4.69) is 10.6 Å². The first-order valence-corrected chi connectivity index (χ1v) is 12.3. The highest BCUT2D eigenvalue weighted by Gasteiger charge is 2.29. The Morgan fingerprint density at radius 1 is 1.00 bits per heavy atom. The minimum Gasteiger partial charge on any atom is -0.352 e. The van der Waals surface area contributed by atoms with Gasteiger partial charge in [0, 0.05) is 37.3 Å². The van der Waals surface area contributed by atoms with Crippen molar-refractivity contribution in [2.75, 3.05) is 18.4 Å². The number of hydrogen-bond donors (Lipinski definition) is 2. The zero-order chi connectivity index (χ0) is 24.8. The molecule has 2 N–H and O–H groups in total. The number of nitrogens with zero attached hydrogens (tertiary/aromatic N) is 1. The van der Waals surface area contributed by atoms with E-state index in [0.717, 1.165) is 34.9 Å². The van der Waals surface area contributed by atoms with Gasteiger partial charge in [0.15, 0.2) is 0 Å². The SMILES string of the molecule is CC(C)CC(=O)Nc1cccc(CNC(=O)C2CCCN(C(=O)c3cccc4ccccc34)C2)c1. The zero-order valence-electron chi connectivity index (χ0n) is 20.4. The molecule has 35 heavy (non-hydrogen) atoms. The highest BCUT2D eigenvalue weighted by atomic mass is 16.2. The first kappa shape index (κ1) is 24.5. The van der Waals surface area contributed by atoms with Crippen LogP contribution in [0.5, 0.6) is 0 Å². The number of likely N-dealkylation sites (tertiary alicyclic amines) is 1. The molecule has 6 nitrogen and oxygen atoms in total. The molecule has 0 spiro atoms. The Morgan fingerprint density at radius 3 is 2.60 bits per heavy atom. The first-order chi connectivity index (χ1) is 16.9. The first-order valence-electron chi connectivity index (χ1n) is 12.3. The fraction of sp³-hybridized carbons (Fsp3) is 0.345. The topological polar surface area (TPSA) is 78.5 Å². The molecular weight excluding hydrogens is 438 g/mol. The maximum atomic E-state index is 13.3. The molecule has 1 heterocycles. The average Bonchev–Trinajstić information content (AvgIpc) is 2.86. The maximum Gasteiger partial charge on any atom is 0.254 e. The summed E-state index contributed by atoms with van der Waals surface area (Å²) in [5.41, 5.74) is 2.33. The molecule has 0 bridgehead atoms. The fourth-order valence-corrected chi connectivity index (χ4v) is 4.63. The van der Waals surface area contributed by atoms with Crippen LogP contribution in [0, 0.1) is 11.8 Å². The predicted molar refractivity (Wildman–Crippen MR) is 139 cm³/mol. The maximum absolute atomic E-state index is 13.3. The largest absolute Gasteiger partial charge is 0.352 e. The van der Waals surface area contributed by atoms with E-state index >= 15 is 0 Å². The van der Waals surface area contributed by atoms with Gasteiger partial charge in [-0.2, -0.15) is 0 Å². The second-order valence-corrected chi connectivity index (χ2v) is 9.68. The van der Waals surface area contributed by atoms with Gasteiger partial charge in [0.05, 0.1) is 5.92 Å². The number of carbonyl (C=O) groups is 3. The molecule has 182 valence electrons. The molecule has 0 aliphatic carbocycles. The van der Waals surface area contributed by atoms with E-state index in [1.807, 2.05) is 80.6 Å². The standard InChI is InChI=1S/C29H33N3O3/c1-20(2)16-27(33)31-24-12-5-8-21(17-24)18-30-28(34)23-11-7-15-32(19-23)29(35)26-14-6-10-22-9-3-4-13-25(22)26/h3-6,8-10,12-14,17,20,23H,7,11,15-16,18-19H2,1-2H3,(H,30,34)(H,31,33). The van der Waals surface area contributed by atoms with Gasteiger partial charge in [-0.1, -0.05) is 62.4 Å². The zero-order valence-corrected chi connectivity index (χ0v) is 20.4. The van der Waals surface area contributed by atoms with Crippen LogP contribution >= 0.6 is 0 Å². The molecule has 0 aromatic heterocycles. The Kier molecular flexibility index (Phi) is 7.80. The van der Waals surface area contributed by atoms with E-state index in [1.54, 1.807) is 4.90 Å². The van der Waals surface area contributed by atoms with E-state index < -0.39 is 0 Å². The Morgan fingerprint density at radius 2 is 1.77 bits per heavy atom. The molecule has 3 aromatic rings. The molecule has 3 aromatic carbocycles. The number of rotatable bonds is 7. The number of anilines is 1. The van der Waals surface area contributed by atoms with Gasteiger partial charge in [-0.25, -0.2) is 0 Å². The van der Waals surface area contributed by atoms with E-state index in [1.165, 1.54) is 0 Å². The minimum atomic E-state index is -0.239. The number of piperidine rings is 1. The van der Waals surface area contributed by atoms with Crippen molar-refractivity contribution in [3.63, 3.8) is 0 Å². The number of benzene rings is 3. The summed E-state index contributed by atoms with van der Waals surface area (Å²) < 4.78 is 0. The predicted octanol–water partition coefficient (Wildman–Crippen LogP) is 4.99. The van der Waals surface area contributed by atoms with Crippen LogP contribution in [-0.2, 0) is 16.1 Å².